The standard InChI is InChI=1S/C16H22O3.C9H9BrO2.C6H13NO/c1-19-16(18)14-4-2-3-13(11-14)6-5-12-7-9-15(17)10-8-12;1-12-9(11)8-4-2-3-7(5-8)6-10;7-5-1-3-6(8)4-2-5/h2-4,11-12,15,17H,5-10H2,1H3;2-5H,6H2,1H3;5-6,8H,1-4,7H2. The molecule has 4 rings (SSSR count). The summed E-state index contributed by atoms with van der Waals surface area (Å²) in [7, 11) is 2.78. The molecule has 0 aromatic heterocycles. The summed E-state index contributed by atoms with van der Waals surface area (Å²) in [6.45, 7) is 0. The maximum atomic E-state index is 11.5. The van der Waals surface area contributed by atoms with Gasteiger partial charge in [-0.15, -0.1) is 0 Å². The number of hydrogen-bond donors (Lipinski definition) is 3. The van der Waals surface area contributed by atoms with Gasteiger partial charge >= 0.3 is 11.9 Å². The molecule has 4 N–H and O–H groups in total. The van der Waals surface area contributed by atoms with Crippen molar-refractivity contribution in [2.75, 3.05) is 14.2 Å². The van der Waals surface area contributed by atoms with Gasteiger partial charge in [0.2, 0.25) is 0 Å². The number of alkyl halides is 1. The van der Waals surface area contributed by atoms with E-state index in [0.29, 0.717) is 23.1 Å². The number of ether oxygens (including phenoxy) is 2. The summed E-state index contributed by atoms with van der Waals surface area (Å²) >= 11 is 3.31. The van der Waals surface area contributed by atoms with Gasteiger partial charge in [-0.05, 0) is 106 Å². The number of halogens is 1. The number of methoxy groups -OCH3 is 2. The van der Waals surface area contributed by atoms with E-state index in [9.17, 15) is 14.7 Å². The number of aliphatic hydroxyl groups is 2. The summed E-state index contributed by atoms with van der Waals surface area (Å²) < 4.78 is 9.31. The quantitative estimate of drug-likeness (QED) is 0.291. The van der Waals surface area contributed by atoms with Crippen molar-refractivity contribution in [3.8, 4) is 0 Å². The van der Waals surface area contributed by atoms with E-state index in [1.807, 2.05) is 24.3 Å². The van der Waals surface area contributed by atoms with Crippen LogP contribution in [0.3, 0.4) is 0 Å². The van der Waals surface area contributed by atoms with Crippen molar-refractivity contribution in [3.63, 3.8) is 0 Å². The third-order valence-electron chi connectivity index (χ3n) is 7.25. The average Bonchev–Trinajstić information content (AvgIpc) is 2.98. The molecule has 39 heavy (non-hydrogen) atoms. The molecule has 2 aliphatic carbocycles. The van der Waals surface area contributed by atoms with Gasteiger partial charge in [-0.3, -0.25) is 0 Å². The zero-order chi connectivity index (χ0) is 28.6. The average molecular weight is 607 g/mol. The molecule has 7 nitrogen and oxygen atoms in total. The van der Waals surface area contributed by atoms with E-state index >= 15 is 0 Å². The Morgan fingerprint density at radius 2 is 1.26 bits per heavy atom. The number of aliphatic hydroxyl groups excluding tert-OH is 2. The first-order valence-corrected chi connectivity index (χ1v) is 14.9. The predicted octanol–water partition coefficient (Wildman–Crippen LogP) is 5.57. The van der Waals surface area contributed by atoms with Crippen molar-refractivity contribution in [1.29, 1.82) is 0 Å². The summed E-state index contributed by atoms with van der Waals surface area (Å²) in [5, 5.41) is 19.2. The van der Waals surface area contributed by atoms with Gasteiger partial charge in [-0.2, -0.15) is 0 Å². The van der Waals surface area contributed by atoms with Gasteiger partial charge in [-0.25, -0.2) is 9.59 Å². The highest BCUT2D eigenvalue weighted by Crippen LogP contribution is 2.28. The zero-order valence-corrected chi connectivity index (χ0v) is 24.8. The third kappa shape index (κ3) is 12.6. The van der Waals surface area contributed by atoms with Crippen LogP contribution < -0.4 is 5.73 Å². The number of esters is 2. The van der Waals surface area contributed by atoms with Crippen LogP contribution in [0, 0.1) is 5.92 Å². The molecule has 2 saturated carbocycles. The van der Waals surface area contributed by atoms with Crippen LogP contribution in [0.5, 0.6) is 0 Å². The van der Waals surface area contributed by atoms with Crippen molar-refractivity contribution >= 4 is 27.9 Å². The van der Waals surface area contributed by atoms with Crippen molar-refractivity contribution in [3.05, 3.63) is 70.8 Å². The van der Waals surface area contributed by atoms with Gasteiger partial charge in [0.05, 0.1) is 37.6 Å². The minimum absolute atomic E-state index is 0.0604. The molecule has 2 aliphatic rings. The summed E-state index contributed by atoms with van der Waals surface area (Å²) in [5.74, 6) is 0.144. The topological polar surface area (TPSA) is 119 Å². The SMILES string of the molecule is COC(=O)c1cccc(CBr)c1.COC(=O)c1cccc(CCC2CCC(O)CC2)c1.NC1CCC(O)CC1. The molecule has 0 atom stereocenters. The van der Waals surface area contributed by atoms with Crippen LogP contribution in [0.15, 0.2) is 48.5 Å². The molecule has 0 saturated heterocycles. The first-order valence-electron chi connectivity index (χ1n) is 13.8. The van der Waals surface area contributed by atoms with Gasteiger partial charge in [-0.1, -0.05) is 40.2 Å². The van der Waals surface area contributed by atoms with E-state index in [-0.39, 0.29) is 24.1 Å². The highest BCUT2D eigenvalue weighted by molar-refractivity contribution is 9.08. The molecule has 0 spiro atoms. The van der Waals surface area contributed by atoms with Crippen LogP contribution in [0.2, 0.25) is 0 Å². The van der Waals surface area contributed by atoms with Gasteiger partial charge in [0, 0.05) is 11.4 Å². The highest BCUT2D eigenvalue weighted by atomic mass is 79.9. The lowest BCUT2D eigenvalue weighted by Gasteiger charge is -2.25. The lowest BCUT2D eigenvalue weighted by molar-refractivity contribution is 0.0591. The third-order valence-corrected chi connectivity index (χ3v) is 7.90. The van der Waals surface area contributed by atoms with E-state index in [2.05, 4.69) is 26.7 Å². The van der Waals surface area contributed by atoms with Crippen LogP contribution >= 0.6 is 15.9 Å². The predicted molar refractivity (Wildman–Crippen MR) is 157 cm³/mol. The number of benzene rings is 2. The second-order valence-electron chi connectivity index (χ2n) is 10.3. The smallest absolute Gasteiger partial charge is 0.337 e. The van der Waals surface area contributed by atoms with Crippen LogP contribution in [-0.2, 0) is 21.2 Å². The molecule has 2 aromatic rings. The molecule has 8 heteroatoms. The fourth-order valence-corrected chi connectivity index (χ4v) is 5.13. The molecule has 0 amide bonds. The monoisotopic (exact) mass is 605 g/mol. The molecule has 216 valence electrons. The van der Waals surface area contributed by atoms with Crippen LogP contribution in [0.1, 0.15) is 89.6 Å². The van der Waals surface area contributed by atoms with E-state index < -0.39 is 0 Å². The number of aryl methyl sites for hydroxylation is 1. The molecule has 2 aromatic carbocycles. The number of carbonyl (C=O) groups excluding carboxylic acids is 2. The molecule has 0 heterocycles. The van der Waals surface area contributed by atoms with Gasteiger partial charge in [0.15, 0.2) is 0 Å². The number of rotatable bonds is 6. The molecule has 0 bridgehead atoms. The van der Waals surface area contributed by atoms with Crippen LogP contribution in [0.4, 0.5) is 0 Å². The maximum absolute atomic E-state index is 11.5. The van der Waals surface area contributed by atoms with E-state index in [0.717, 1.165) is 75.1 Å². The van der Waals surface area contributed by atoms with Crippen molar-refractivity contribution < 1.29 is 29.3 Å². The molecular weight excluding hydrogens is 562 g/mol. The fourth-order valence-electron chi connectivity index (χ4n) is 4.78. The van der Waals surface area contributed by atoms with Crippen LogP contribution in [0.25, 0.3) is 0 Å². The van der Waals surface area contributed by atoms with Gasteiger partial charge in [0.25, 0.3) is 0 Å². The minimum atomic E-state index is -0.294. The number of nitrogens with two attached hydrogens (primary N) is 1. The minimum Gasteiger partial charge on any atom is -0.465 e. The van der Waals surface area contributed by atoms with Gasteiger partial charge in [0.1, 0.15) is 0 Å². The van der Waals surface area contributed by atoms with E-state index in [1.54, 1.807) is 18.2 Å². The Bertz CT molecular complexity index is 990. The Hall–Kier alpha value is -2.26. The largest absolute Gasteiger partial charge is 0.465 e. The number of hydrogen-bond acceptors (Lipinski definition) is 7. The Morgan fingerprint density at radius 1 is 0.795 bits per heavy atom. The summed E-state index contributed by atoms with van der Waals surface area (Å²) in [4.78, 5) is 22.5. The maximum Gasteiger partial charge on any atom is 0.337 e. The molecule has 0 unspecified atom stereocenters. The zero-order valence-electron chi connectivity index (χ0n) is 23.2. The molecule has 0 radical (unpaired) electrons. The summed E-state index contributed by atoms with van der Waals surface area (Å²) in [6, 6.07) is 15.4. The van der Waals surface area contributed by atoms with Crippen LogP contribution in [-0.4, -0.2) is 54.6 Å². The van der Waals surface area contributed by atoms with E-state index in [4.69, 9.17) is 15.6 Å². The fraction of sp³-hybridized carbons (Fsp3) is 0.548. The summed E-state index contributed by atoms with van der Waals surface area (Å²) in [5.41, 5.74) is 9.06. The Labute approximate surface area is 241 Å². The van der Waals surface area contributed by atoms with E-state index in [1.165, 1.54) is 19.8 Å². The second kappa shape index (κ2) is 18.2. The first-order chi connectivity index (χ1) is 18.7. The van der Waals surface area contributed by atoms with Gasteiger partial charge < -0.3 is 25.4 Å². The highest BCUT2D eigenvalue weighted by Gasteiger charge is 2.19. The second-order valence-corrected chi connectivity index (χ2v) is 10.9. The Morgan fingerprint density at radius 3 is 1.72 bits per heavy atom. The first kappa shape index (κ1) is 32.9. The molecule has 0 aliphatic heterocycles. The number of carbonyl (C=O) groups is 2. The van der Waals surface area contributed by atoms with Crippen molar-refractivity contribution in [1.82, 2.24) is 0 Å². The molecular formula is C31H44BrNO6. The Kier molecular flexibility index (Phi) is 15.3. The normalized spacial score (nSPS) is 22.3. The summed E-state index contributed by atoms with van der Waals surface area (Å²) in [6.07, 6.45) is 9.91. The lowest BCUT2D eigenvalue weighted by Crippen LogP contribution is -2.28. The van der Waals surface area contributed by atoms with Crippen molar-refractivity contribution in [2.45, 2.75) is 87.8 Å². The molecule has 2 fully saturated rings. The van der Waals surface area contributed by atoms with Crippen molar-refractivity contribution in [2.24, 2.45) is 11.7 Å². The Balaban J connectivity index is 0.000000227. The lowest BCUT2D eigenvalue weighted by atomic mass is 9.84.